The molecule has 0 aliphatic heterocycles. The van der Waals surface area contributed by atoms with Gasteiger partial charge in [0.2, 0.25) is 0 Å². The van der Waals surface area contributed by atoms with Crippen molar-refractivity contribution in [3.8, 4) is 0 Å². The second-order valence-corrected chi connectivity index (χ2v) is 5.50. The van der Waals surface area contributed by atoms with Gasteiger partial charge in [0.25, 0.3) is 0 Å². The number of aliphatic hydroxyl groups is 1. The fourth-order valence-electron chi connectivity index (χ4n) is 3.12. The molecule has 0 saturated heterocycles. The molecule has 2 heteroatoms. The van der Waals surface area contributed by atoms with Crippen molar-refractivity contribution in [1.82, 2.24) is 5.32 Å². The van der Waals surface area contributed by atoms with Crippen molar-refractivity contribution in [3.63, 3.8) is 0 Å². The number of rotatable bonds is 4. The molecule has 0 aromatic heterocycles. The second-order valence-electron chi connectivity index (χ2n) is 5.50. The van der Waals surface area contributed by atoms with Crippen molar-refractivity contribution in [2.75, 3.05) is 13.1 Å². The van der Waals surface area contributed by atoms with Gasteiger partial charge in [-0.25, -0.2) is 0 Å². The molecule has 2 atom stereocenters. The number of hydrogen-bond donors (Lipinski definition) is 2. The molecule has 2 aliphatic rings. The quantitative estimate of drug-likeness (QED) is 0.748. The van der Waals surface area contributed by atoms with E-state index in [1.165, 1.54) is 45.1 Å². The molecule has 0 aromatic carbocycles. The lowest BCUT2D eigenvalue weighted by Gasteiger charge is -2.22. The third-order valence-corrected chi connectivity index (χ3v) is 4.10. The van der Waals surface area contributed by atoms with Crippen LogP contribution in [-0.2, 0) is 0 Å². The lowest BCUT2D eigenvalue weighted by atomic mass is 9.89. The first kappa shape index (κ1) is 11.4. The predicted octanol–water partition coefficient (Wildman–Crippen LogP) is 2.32. The standard InChI is InChI=1S/C13H25NO/c15-13-7-6-12(8-13)10-14-9-11-4-2-1-3-5-11/h11-15H,1-10H2. The minimum atomic E-state index is -0.00789. The van der Waals surface area contributed by atoms with Gasteiger partial charge in [0.15, 0.2) is 0 Å². The minimum Gasteiger partial charge on any atom is -0.393 e. The topological polar surface area (TPSA) is 32.3 Å². The van der Waals surface area contributed by atoms with Crippen LogP contribution in [0.3, 0.4) is 0 Å². The maximum Gasteiger partial charge on any atom is 0.0543 e. The fraction of sp³-hybridized carbons (Fsp3) is 1.00. The Balaban J connectivity index is 1.54. The van der Waals surface area contributed by atoms with E-state index in [1.54, 1.807) is 0 Å². The van der Waals surface area contributed by atoms with Crippen LogP contribution < -0.4 is 5.32 Å². The van der Waals surface area contributed by atoms with Crippen LogP contribution in [0, 0.1) is 11.8 Å². The normalized spacial score (nSPS) is 33.4. The van der Waals surface area contributed by atoms with Crippen LogP contribution in [0.1, 0.15) is 51.4 Å². The van der Waals surface area contributed by atoms with Crippen LogP contribution in [0.2, 0.25) is 0 Å². The zero-order chi connectivity index (χ0) is 10.5. The first-order valence-corrected chi connectivity index (χ1v) is 6.73. The van der Waals surface area contributed by atoms with E-state index in [1.807, 2.05) is 0 Å². The first-order valence-electron chi connectivity index (χ1n) is 6.73. The fourth-order valence-corrected chi connectivity index (χ4v) is 3.12. The SMILES string of the molecule is OC1CCC(CNCC2CCCCC2)C1. The van der Waals surface area contributed by atoms with E-state index in [0.717, 1.165) is 31.2 Å². The van der Waals surface area contributed by atoms with Crippen LogP contribution in [-0.4, -0.2) is 24.3 Å². The summed E-state index contributed by atoms with van der Waals surface area (Å²) in [5.74, 6) is 1.67. The molecular formula is C13H25NO. The summed E-state index contributed by atoms with van der Waals surface area (Å²) >= 11 is 0. The Hall–Kier alpha value is -0.0800. The molecule has 88 valence electrons. The number of aliphatic hydroxyl groups excluding tert-OH is 1. The predicted molar refractivity (Wildman–Crippen MR) is 62.8 cm³/mol. The summed E-state index contributed by atoms with van der Waals surface area (Å²) in [5, 5.41) is 13.0. The molecule has 2 unspecified atom stereocenters. The molecule has 0 amide bonds. The molecule has 2 aliphatic carbocycles. The Kier molecular flexibility index (Phi) is 4.45. The van der Waals surface area contributed by atoms with Crippen molar-refractivity contribution in [2.45, 2.75) is 57.5 Å². The first-order chi connectivity index (χ1) is 7.34. The van der Waals surface area contributed by atoms with E-state index >= 15 is 0 Å². The van der Waals surface area contributed by atoms with Gasteiger partial charge >= 0.3 is 0 Å². The molecule has 2 N–H and O–H groups in total. The molecule has 2 rings (SSSR count). The Morgan fingerprint density at radius 2 is 1.60 bits per heavy atom. The number of nitrogens with one attached hydrogen (secondary N) is 1. The highest BCUT2D eigenvalue weighted by molar-refractivity contribution is 4.77. The van der Waals surface area contributed by atoms with Gasteiger partial charge in [-0.1, -0.05) is 19.3 Å². The van der Waals surface area contributed by atoms with E-state index in [2.05, 4.69) is 5.32 Å². The third-order valence-electron chi connectivity index (χ3n) is 4.10. The van der Waals surface area contributed by atoms with Crippen molar-refractivity contribution in [3.05, 3.63) is 0 Å². The molecule has 0 spiro atoms. The molecule has 2 nitrogen and oxygen atoms in total. The zero-order valence-electron chi connectivity index (χ0n) is 9.75. The molecule has 0 aromatic rings. The van der Waals surface area contributed by atoms with Gasteiger partial charge in [0.05, 0.1) is 6.10 Å². The summed E-state index contributed by atoms with van der Waals surface area (Å²) in [7, 11) is 0. The minimum absolute atomic E-state index is 0.00789. The lowest BCUT2D eigenvalue weighted by molar-refractivity contribution is 0.177. The van der Waals surface area contributed by atoms with Gasteiger partial charge in [0, 0.05) is 0 Å². The van der Waals surface area contributed by atoms with Crippen LogP contribution in [0.25, 0.3) is 0 Å². The average Bonchev–Trinajstić information content (AvgIpc) is 2.66. The van der Waals surface area contributed by atoms with Gasteiger partial charge in [-0.05, 0) is 57.0 Å². The molecule has 0 heterocycles. The Bertz CT molecular complexity index is 173. The summed E-state index contributed by atoms with van der Waals surface area (Å²) in [6, 6.07) is 0. The summed E-state index contributed by atoms with van der Waals surface area (Å²) in [5.41, 5.74) is 0. The van der Waals surface area contributed by atoms with Crippen LogP contribution in [0.5, 0.6) is 0 Å². The summed E-state index contributed by atoms with van der Waals surface area (Å²) in [4.78, 5) is 0. The van der Waals surface area contributed by atoms with E-state index in [9.17, 15) is 5.11 Å². The van der Waals surface area contributed by atoms with Crippen LogP contribution in [0.15, 0.2) is 0 Å². The summed E-state index contributed by atoms with van der Waals surface area (Å²) in [6.07, 6.45) is 10.5. The number of hydrogen-bond acceptors (Lipinski definition) is 2. The summed E-state index contributed by atoms with van der Waals surface area (Å²) < 4.78 is 0. The average molecular weight is 211 g/mol. The van der Waals surface area contributed by atoms with Gasteiger partial charge in [-0.2, -0.15) is 0 Å². The van der Waals surface area contributed by atoms with Crippen molar-refractivity contribution in [2.24, 2.45) is 11.8 Å². The molecule has 0 radical (unpaired) electrons. The van der Waals surface area contributed by atoms with Crippen molar-refractivity contribution >= 4 is 0 Å². The largest absolute Gasteiger partial charge is 0.393 e. The molecular weight excluding hydrogens is 186 g/mol. The monoisotopic (exact) mass is 211 g/mol. The Morgan fingerprint density at radius 3 is 2.27 bits per heavy atom. The maximum atomic E-state index is 9.42. The Morgan fingerprint density at radius 1 is 0.867 bits per heavy atom. The van der Waals surface area contributed by atoms with Crippen molar-refractivity contribution in [1.29, 1.82) is 0 Å². The second kappa shape index (κ2) is 5.86. The molecule has 0 bridgehead atoms. The van der Waals surface area contributed by atoms with E-state index in [4.69, 9.17) is 0 Å². The summed E-state index contributed by atoms with van der Waals surface area (Å²) in [6.45, 7) is 2.35. The third kappa shape index (κ3) is 3.76. The highest BCUT2D eigenvalue weighted by Gasteiger charge is 2.22. The van der Waals surface area contributed by atoms with Gasteiger partial charge < -0.3 is 10.4 Å². The van der Waals surface area contributed by atoms with Gasteiger partial charge in [0.1, 0.15) is 0 Å². The Labute approximate surface area is 93.5 Å². The van der Waals surface area contributed by atoms with Crippen LogP contribution in [0.4, 0.5) is 0 Å². The van der Waals surface area contributed by atoms with Crippen LogP contribution >= 0.6 is 0 Å². The molecule has 2 saturated carbocycles. The van der Waals surface area contributed by atoms with Gasteiger partial charge in [-0.3, -0.25) is 0 Å². The lowest BCUT2D eigenvalue weighted by Crippen LogP contribution is -2.28. The van der Waals surface area contributed by atoms with E-state index < -0.39 is 0 Å². The van der Waals surface area contributed by atoms with Crippen molar-refractivity contribution < 1.29 is 5.11 Å². The highest BCUT2D eigenvalue weighted by Crippen LogP contribution is 2.25. The maximum absolute atomic E-state index is 9.42. The molecule has 15 heavy (non-hydrogen) atoms. The smallest absolute Gasteiger partial charge is 0.0543 e. The van der Waals surface area contributed by atoms with E-state index in [0.29, 0.717) is 0 Å². The highest BCUT2D eigenvalue weighted by atomic mass is 16.3. The van der Waals surface area contributed by atoms with Gasteiger partial charge in [-0.15, -0.1) is 0 Å². The van der Waals surface area contributed by atoms with E-state index in [-0.39, 0.29) is 6.10 Å². The zero-order valence-corrected chi connectivity index (χ0v) is 9.75. The molecule has 2 fully saturated rings.